The largest absolute Gasteiger partial charge is 0.493 e. The lowest BCUT2D eigenvalue weighted by Crippen LogP contribution is -1.99. The number of rotatable bonds is 7. The van der Waals surface area contributed by atoms with Gasteiger partial charge in [-0.1, -0.05) is 30.3 Å². The van der Waals surface area contributed by atoms with Gasteiger partial charge in [0.25, 0.3) is 0 Å². The highest BCUT2D eigenvalue weighted by Crippen LogP contribution is 2.33. The molecule has 6 heteroatoms. The molecule has 1 aromatic heterocycles. The molecule has 0 atom stereocenters. The third-order valence-electron chi connectivity index (χ3n) is 4.82. The van der Waals surface area contributed by atoms with Crippen LogP contribution in [0.2, 0.25) is 0 Å². The summed E-state index contributed by atoms with van der Waals surface area (Å²) in [6, 6.07) is 25.3. The lowest BCUT2D eigenvalue weighted by molar-refractivity contribution is 0.306. The van der Waals surface area contributed by atoms with Gasteiger partial charge in [-0.15, -0.1) is 0 Å². The standard InChI is InChI=1S/C25H23N3O3/c1-29-23-13-10-19(14-24(23)30-2)22-15-21(27-25(26)28-22)18-8-11-20(12-9-18)31-16-17-6-4-3-5-7-17/h3-15H,16H2,1-2H3,(H2,26,27,28). The molecule has 0 unspecified atom stereocenters. The summed E-state index contributed by atoms with van der Waals surface area (Å²) in [5.74, 6) is 2.26. The van der Waals surface area contributed by atoms with E-state index in [9.17, 15) is 0 Å². The molecule has 6 nitrogen and oxygen atoms in total. The summed E-state index contributed by atoms with van der Waals surface area (Å²) in [5, 5.41) is 0. The van der Waals surface area contributed by atoms with Gasteiger partial charge >= 0.3 is 0 Å². The van der Waals surface area contributed by atoms with E-state index in [1.54, 1.807) is 14.2 Å². The second kappa shape index (κ2) is 9.17. The number of aromatic nitrogens is 2. The molecule has 0 bridgehead atoms. The Morgan fingerprint density at radius 3 is 2.03 bits per heavy atom. The van der Waals surface area contributed by atoms with Crippen molar-refractivity contribution in [3.8, 4) is 39.8 Å². The quantitative estimate of drug-likeness (QED) is 0.460. The van der Waals surface area contributed by atoms with Gasteiger partial charge in [-0.3, -0.25) is 0 Å². The molecule has 0 aliphatic heterocycles. The van der Waals surface area contributed by atoms with Crippen LogP contribution < -0.4 is 19.9 Å². The predicted octanol–water partition coefficient (Wildman–Crippen LogP) is 4.99. The van der Waals surface area contributed by atoms with Gasteiger partial charge in [0.15, 0.2) is 11.5 Å². The number of nitrogen functional groups attached to an aromatic ring is 1. The molecule has 1 heterocycles. The van der Waals surface area contributed by atoms with Crippen molar-refractivity contribution < 1.29 is 14.2 Å². The highest BCUT2D eigenvalue weighted by atomic mass is 16.5. The maximum atomic E-state index is 6.00. The maximum Gasteiger partial charge on any atom is 0.221 e. The first-order valence-corrected chi connectivity index (χ1v) is 9.80. The molecule has 156 valence electrons. The number of anilines is 1. The molecule has 31 heavy (non-hydrogen) atoms. The number of nitrogens with zero attached hydrogens (tertiary/aromatic N) is 2. The second-order valence-corrected chi connectivity index (χ2v) is 6.87. The van der Waals surface area contributed by atoms with Crippen LogP contribution in [0.1, 0.15) is 5.56 Å². The number of nitrogens with two attached hydrogens (primary N) is 1. The van der Waals surface area contributed by atoms with Crippen LogP contribution in [0.15, 0.2) is 78.9 Å². The summed E-state index contributed by atoms with van der Waals surface area (Å²) in [6.07, 6.45) is 0. The van der Waals surface area contributed by atoms with E-state index in [0.29, 0.717) is 23.8 Å². The lowest BCUT2D eigenvalue weighted by Gasteiger charge is -2.11. The lowest BCUT2D eigenvalue weighted by atomic mass is 10.1. The minimum absolute atomic E-state index is 0.201. The van der Waals surface area contributed by atoms with E-state index in [2.05, 4.69) is 9.97 Å². The zero-order valence-electron chi connectivity index (χ0n) is 17.4. The molecule has 4 rings (SSSR count). The molecule has 2 N–H and O–H groups in total. The Balaban J connectivity index is 1.57. The number of methoxy groups -OCH3 is 2. The molecule has 0 amide bonds. The van der Waals surface area contributed by atoms with E-state index in [-0.39, 0.29) is 5.95 Å². The highest BCUT2D eigenvalue weighted by molar-refractivity contribution is 5.71. The molecule has 0 fully saturated rings. The van der Waals surface area contributed by atoms with Gasteiger partial charge in [-0.25, -0.2) is 9.97 Å². The average molecular weight is 413 g/mol. The van der Waals surface area contributed by atoms with Crippen molar-refractivity contribution >= 4 is 5.95 Å². The summed E-state index contributed by atoms with van der Waals surface area (Å²) < 4.78 is 16.6. The van der Waals surface area contributed by atoms with Gasteiger partial charge in [0.05, 0.1) is 25.6 Å². The molecular formula is C25H23N3O3. The van der Waals surface area contributed by atoms with Crippen LogP contribution in [-0.2, 0) is 6.61 Å². The number of hydrogen-bond acceptors (Lipinski definition) is 6. The number of benzene rings is 3. The summed E-state index contributed by atoms with van der Waals surface area (Å²) >= 11 is 0. The Bertz CT molecular complexity index is 1160. The molecule has 4 aromatic rings. The fourth-order valence-corrected chi connectivity index (χ4v) is 3.22. The topological polar surface area (TPSA) is 79.5 Å². The third-order valence-corrected chi connectivity index (χ3v) is 4.82. The Morgan fingerprint density at radius 1 is 0.710 bits per heavy atom. The van der Waals surface area contributed by atoms with E-state index in [0.717, 1.165) is 28.1 Å². The first-order valence-electron chi connectivity index (χ1n) is 9.80. The minimum Gasteiger partial charge on any atom is -0.493 e. The van der Waals surface area contributed by atoms with Gasteiger partial charge in [0, 0.05) is 11.1 Å². The van der Waals surface area contributed by atoms with Crippen LogP contribution in [0.5, 0.6) is 17.2 Å². The van der Waals surface area contributed by atoms with Crippen molar-refractivity contribution in [2.45, 2.75) is 6.61 Å². The fourth-order valence-electron chi connectivity index (χ4n) is 3.22. The first kappa shape index (κ1) is 20.2. The van der Waals surface area contributed by atoms with E-state index in [1.807, 2.05) is 78.9 Å². The highest BCUT2D eigenvalue weighted by Gasteiger charge is 2.11. The Hall–Kier alpha value is -4.06. The summed E-state index contributed by atoms with van der Waals surface area (Å²) in [6.45, 7) is 0.518. The zero-order valence-corrected chi connectivity index (χ0v) is 17.4. The van der Waals surface area contributed by atoms with E-state index in [4.69, 9.17) is 19.9 Å². The van der Waals surface area contributed by atoms with Crippen molar-refractivity contribution in [3.63, 3.8) is 0 Å². The predicted molar refractivity (Wildman–Crippen MR) is 121 cm³/mol. The maximum absolute atomic E-state index is 6.00. The van der Waals surface area contributed by atoms with Crippen molar-refractivity contribution in [1.82, 2.24) is 9.97 Å². The molecule has 0 aliphatic carbocycles. The van der Waals surface area contributed by atoms with E-state index >= 15 is 0 Å². The van der Waals surface area contributed by atoms with E-state index in [1.165, 1.54) is 0 Å². The van der Waals surface area contributed by atoms with Gasteiger partial charge in [0.1, 0.15) is 12.4 Å². The Kier molecular flexibility index (Phi) is 5.98. The smallest absolute Gasteiger partial charge is 0.221 e. The van der Waals surface area contributed by atoms with Gasteiger partial charge < -0.3 is 19.9 Å². The van der Waals surface area contributed by atoms with Crippen LogP contribution in [-0.4, -0.2) is 24.2 Å². The van der Waals surface area contributed by atoms with Gasteiger partial charge in [0.2, 0.25) is 5.95 Å². The summed E-state index contributed by atoms with van der Waals surface area (Å²) in [7, 11) is 3.20. The number of ether oxygens (including phenoxy) is 3. The molecule has 3 aromatic carbocycles. The molecule has 0 saturated carbocycles. The number of hydrogen-bond donors (Lipinski definition) is 1. The van der Waals surface area contributed by atoms with Crippen LogP contribution >= 0.6 is 0 Å². The molecule has 0 spiro atoms. The van der Waals surface area contributed by atoms with Crippen molar-refractivity contribution in [1.29, 1.82) is 0 Å². The van der Waals surface area contributed by atoms with Crippen molar-refractivity contribution in [2.75, 3.05) is 20.0 Å². The molecule has 0 radical (unpaired) electrons. The fraction of sp³-hybridized carbons (Fsp3) is 0.120. The molecule has 0 aliphatic rings. The Morgan fingerprint density at radius 2 is 1.35 bits per heavy atom. The SMILES string of the molecule is COc1ccc(-c2cc(-c3ccc(OCc4ccccc4)cc3)nc(N)n2)cc1OC. The second-order valence-electron chi connectivity index (χ2n) is 6.87. The Labute approximate surface area is 181 Å². The average Bonchev–Trinajstić information content (AvgIpc) is 2.83. The monoisotopic (exact) mass is 413 g/mol. The molecular weight excluding hydrogens is 390 g/mol. The van der Waals surface area contributed by atoms with E-state index < -0.39 is 0 Å². The summed E-state index contributed by atoms with van der Waals surface area (Å²) in [5.41, 5.74) is 10.3. The van der Waals surface area contributed by atoms with Gasteiger partial charge in [-0.05, 0) is 54.1 Å². The third kappa shape index (κ3) is 4.75. The van der Waals surface area contributed by atoms with Gasteiger partial charge in [-0.2, -0.15) is 0 Å². The van der Waals surface area contributed by atoms with Crippen LogP contribution in [0.3, 0.4) is 0 Å². The first-order chi connectivity index (χ1) is 15.2. The normalized spacial score (nSPS) is 10.5. The van der Waals surface area contributed by atoms with Crippen LogP contribution in [0.25, 0.3) is 22.5 Å². The zero-order chi connectivity index (χ0) is 21.6. The summed E-state index contributed by atoms with van der Waals surface area (Å²) in [4.78, 5) is 8.79. The molecule has 0 saturated heterocycles. The van der Waals surface area contributed by atoms with Crippen LogP contribution in [0.4, 0.5) is 5.95 Å². The minimum atomic E-state index is 0.201. The van der Waals surface area contributed by atoms with Crippen LogP contribution in [0, 0.1) is 0 Å². The van der Waals surface area contributed by atoms with Crippen molar-refractivity contribution in [3.05, 3.63) is 84.4 Å². The van der Waals surface area contributed by atoms with Crippen molar-refractivity contribution in [2.24, 2.45) is 0 Å².